The summed E-state index contributed by atoms with van der Waals surface area (Å²) in [6, 6.07) is 7.62. The normalized spacial score (nSPS) is 23.7. The van der Waals surface area contributed by atoms with Crippen LogP contribution < -0.4 is 5.32 Å². The van der Waals surface area contributed by atoms with Crippen LogP contribution in [0, 0.1) is 17.3 Å². The Bertz CT molecular complexity index is 505. The van der Waals surface area contributed by atoms with E-state index in [9.17, 15) is 9.59 Å². The molecule has 1 aliphatic carbocycles. The van der Waals surface area contributed by atoms with Crippen LogP contribution in [0.4, 0.5) is 5.69 Å². The molecule has 0 bridgehead atoms. The van der Waals surface area contributed by atoms with Crippen molar-refractivity contribution in [3.63, 3.8) is 0 Å². The number of hydrogen-bond donors (Lipinski definition) is 2. The third-order valence-electron chi connectivity index (χ3n) is 4.01. The van der Waals surface area contributed by atoms with Gasteiger partial charge >= 0.3 is 5.97 Å². The fourth-order valence-corrected chi connectivity index (χ4v) is 2.63. The minimum Gasteiger partial charge on any atom is -0.481 e. The molecule has 102 valence electrons. The number of rotatable bonds is 4. The summed E-state index contributed by atoms with van der Waals surface area (Å²) in [7, 11) is 0. The smallest absolute Gasteiger partial charge is 0.307 e. The van der Waals surface area contributed by atoms with E-state index in [1.165, 1.54) is 5.56 Å². The molecule has 2 N–H and O–H groups in total. The lowest BCUT2D eigenvalue weighted by atomic mass is 10.1. The Balaban J connectivity index is 2.04. The topological polar surface area (TPSA) is 66.4 Å². The predicted molar refractivity (Wildman–Crippen MR) is 72.8 cm³/mol. The van der Waals surface area contributed by atoms with Crippen LogP contribution in [-0.2, 0) is 16.0 Å². The monoisotopic (exact) mass is 261 g/mol. The minimum atomic E-state index is -0.897. The Morgan fingerprint density at radius 3 is 2.21 bits per heavy atom. The molecule has 0 spiro atoms. The zero-order valence-electron chi connectivity index (χ0n) is 11.4. The van der Waals surface area contributed by atoms with Crippen molar-refractivity contribution < 1.29 is 14.7 Å². The molecule has 1 aromatic carbocycles. The third kappa shape index (κ3) is 2.48. The largest absolute Gasteiger partial charge is 0.481 e. The Hall–Kier alpha value is -1.84. The molecule has 0 radical (unpaired) electrons. The van der Waals surface area contributed by atoms with Crippen LogP contribution in [0.3, 0.4) is 0 Å². The van der Waals surface area contributed by atoms with Gasteiger partial charge in [0.25, 0.3) is 0 Å². The van der Waals surface area contributed by atoms with E-state index in [0.717, 1.165) is 6.42 Å². The molecule has 0 aliphatic heterocycles. The first-order valence-corrected chi connectivity index (χ1v) is 6.50. The number of aliphatic carboxylic acids is 1. The summed E-state index contributed by atoms with van der Waals surface area (Å²) in [5.74, 6) is -2.13. The van der Waals surface area contributed by atoms with E-state index in [1.807, 2.05) is 38.1 Å². The third-order valence-corrected chi connectivity index (χ3v) is 4.01. The van der Waals surface area contributed by atoms with Crippen LogP contribution in [0.2, 0.25) is 0 Å². The summed E-state index contributed by atoms with van der Waals surface area (Å²) in [5, 5.41) is 11.9. The maximum Gasteiger partial charge on any atom is 0.307 e. The quantitative estimate of drug-likeness (QED) is 0.875. The summed E-state index contributed by atoms with van der Waals surface area (Å²) < 4.78 is 0. The molecule has 0 aromatic heterocycles. The highest BCUT2D eigenvalue weighted by molar-refractivity contribution is 5.99. The van der Waals surface area contributed by atoms with Crippen LogP contribution in [-0.4, -0.2) is 17.0 Å². The molecule has 0 heterocycles. The van der Waals surface area contributed by atoms with Crippen molar-refractivity contribution in [2.75, 3.05) is 5.32 Å². The zero-order chi connectivity index (χ0) is 14.2. The molecule has 2 rings (SSSR count). The van der Waals surface area contributed by atoms with Gasteiger partial charge in [0.1, 0.15) is 0 Å². The van der Waals surface area contributed by atoms with Crippen molar-refractivity contribution in [2.45, 2.75) is 27.2 Å². The number of carbonyl (C=O) groups is 2. The van der Waals surface area contributed by atoms with E-state index in [0.29, 0.717) is 5.69 Å². The lowest BCUT2D eigenvalue weighted by Crippen LogP contribution is -2.17. The van der Waals surface area contributed by atoms with Gasteiger partial charge < -0.3 is 10.4 Å². The molecular weight excluding hydrogens is 242 g/mol. The molecule has 1 amide bonds. The number of aryl methyl sites for hydroxylation is 1. The predicted octanol–water partition coefficient (Wildman–Crippen LogP) is 2.54. The average Bonchev–Trinajstić information content (AvgIpc) is 2.93. The summed E-state index contributed by atoms with van der Waals surface area (Å²) in [6.45, 7) is 5.70. The minimum absolute atomic E-state index is 0.207. The van der Waals surface area contributed by atoms with Crippen molar-refractivity contribution in [3.05, 3.63) is 29.8 Å². The van der Waals surface area contributed by atoms with Gasteiger partial charge in [-0.3, -0.25) is 9.59 Å². The molecule has 4 nitrogen and oxygen atoms in total. The molecule has 1 aromatic rings. The number of nitrogens with one attached hydrogen (secondary N) is 1. The standard InChI is InChI=1S/C15H19NO3/c1-4-9-5-7-10(8-6-9)16-13(17)11-12(14(18)19)15(11,2)3/h5-8,11-12H,4H2,1-3H3,(H,16,17)(H,18,19). The summed E-state index contributed by atoms with van der Waals surface area (Å²) in [4.78, 5) is 23.1. The number of benzene rings is 1. The van der Waals surface area contributed by atoms with Gasteiger partial charge in [0, 0.05) is 5.69 Å². The molecule has 1 fully saturated rings. The summed E-state index contributed by atoms with van der Waals surface area (Å²) in [5.41, 5.74) is 1.46. The van der Waals surface area contributed by atoms with Crippen LogP contribution in [0.25, 0.3) is 0 Å². The fraction of sp³-hybridized carbons (Fsp3) is 0.467. The molecule has 0 saturated heterocycles. The number of amides is 1. The lowest BCUT2D eigenvalue weighted by molar-refractivity contribution is -0.140. The van der Waals surface area contributed by atoms with Crippen molar-refractivity contribution in [2.24, 2.45) is 17.3 Å². The van der Waals surface area contributed by atoms with Crippen molar-refractivity contribution in [3.8, 4) is 0 Å². The van der Waals surface area contributed by atoms with E-state index in [4.69, 9.17) is 5.11 Å². The van der Waals surface area contributed by atoms with Crippen LogP contribution in [0.5, 0.6) is 0 Å². The first-order valence-electron chi connectivity index (χ1n) is 6.50. The highest BCUT2D eigenvalue weighted by Crippen LogP contribution is 2.58. The van der Waals surface area contributed by atoms with Gasteiger partial charge in [0.2, 0.25) is 5.91 Å². The fourth-order valence-electron chi connectivity index (χ4n) is 2.63. The second kappa shape index (κ2) is 4.68. The van der Waals surface area contributed by atoms with Crippen LogP contribution in [0.15, 0.2) is 24.3 Å². The van der Waals surface area contributed by atoms with E-state index >= 15 is 0 Å². The van der Waals surface area contributed by atoms with Crippen molar-refractivity contribution >= 4 is 17.6 Å². The molecule has 2 atom stereocenters. The maximum absolute atomic E-state index is 12.1. The van der Waals surface area contributed by atoms with Gasteiger partial charge in [-0.05, 0) is 29.5 Å². The summed E-state index contributed by atoms with van der Waals surface area (Å²) in [6.07, 6.45) is 0.949. The summed E-state index contributed by atoms with van der Waals surface area (Å²) >= 11 is 0. The second-order valence-electron chi connectivity index (χ2n) is 5.65. The number of carboxylic acid groups (broad SMARTS) is 1. The van der Waals surface area contributed by atoms with Crippen LogP contribution in [0.1, 0.15) is 26.3 Å². The van der Waals surface area contributed by atoms with E-state index in [2.05, 4.69) is 12.2 Å². The van der Waals surface area contributed by atoms with E-state index < -0.39 is 23.2 Å². The average molecular weight is 261 g/mol. The number of carboxylic acids is 1. The SMILES string of the molecule is CCc1ccc(NC(=O)C2C(C(=O)O)C2(C)C)cc1. The highest BCUT2D eigenvalue weighted by atomic mass is 16.4. The number of anilines is 1. The number of hydrogen-bond acceptors (Lipinski definition) is 2. The van der Waals surface area contributed by atoms with Crippen molar-refractivity contribution in [1.29, 1.82) is 0 Å². The molecule has 2 unspecified atom stereocenters. The van der Waals surface area contributed by atoms with E-state index in [-0.39, 0.29) is 5.91 Å². The zero-order valence-corrected chi connectivity index (χ0v) is 11.4. The molecule has 4 heteroatoms. The Kier molecular flexibility index (Phi) is 3.35. The van der Waals surface area contributed by atoms with E-state index in [1.54, 1.807) is 0 Å². The van der Waals surface area contributed by atoms with Crippen molar-refractivity contribution in [1.82, 2.24) is 0 Å². The molecule has 19 heavy (non-hydrogen) atoms. The van der Waals surface area contributed by atoms with Gasteiger partial charge in [-0.1, -0.05) is 32.9 Å². The Morgan fingerprint density at radius 1 is 1.21 bits per heavy atom. The van der Waals surface area contributed by atoms with Gasteiger partial charge in [0.05, 0.1) is 11.8 Å². The van der Waals surface area contributed by atoms with Gasteiger partial charge in [-0.25, -0.2) is 0 Å². The van der Waals surface area contributed by atoms with Gasteiger partial charge in [-0.2, -0.15) is 0 Å². The number of carbonyl (C=O) groups excluding carboxylic acids is 1. The molecule has 1 aliphatic rings. The Labute approximate surface area is 112 Å². The van der Waals surface area contributed by atoms with Gasteiger partial charge in [0.15, 0.2) is 0 Å². The molecular formula is C15H19NO3. The van der Waals surface area contributed by atoms with Gasteiger partial charge in [-0.15, -0.1) is 0 Å². The second-order valence-corrected chi connectivity index (χ2v) is 5.65. The van der Waals surface area contributed by atoms with Crippen LogP contribution >= 0.6 is 0 Å². The lowest BCUT2D eigenvalue weighted by Gasteiger charge is -2.06. The maximum atomic E-state index is 12.1. The highest BCUT2D eigenvalue weighted by Gasteiger charge is 2.65. The Morgan fingerprint density at radius 2 is 1.79 bits per heavy atom. The first-order chi connectivity index (χ1) is 8.87. The molecule has 1 saturated carbocycles. The first kappa shape index (κ1) is 13.6.